The van der Waals surface area contributed by atoms with Crippen molar-refractivity contribution in [3.05, 3.63) is 42.2 Å². The van der Waals surface area contributed by atoms with Crippen LogP contribution in [0.1, 0.15) is 0 Å². The van der Waals surface area contributed by atoms with Crippen LogP contribution in [0.2, 0.25) is 0 Å². The fraction of sp³-hybridized carbons (Fsp3) is 0.167. The van der Waals surface area contributed by atoms with Crippen molar-refractivity contribution in [1.82, 2.24) is 0 Å². The van der Waals surface area contributed by atoms with Crippen LogP contribution in [0.5, 0.6) is 5.75 Å². The predicted molar refractivity (Wildman–Crippen MR) is 59.2 cm³/mol. The van der Waals surface area contributed by atoms with Crippen molar-refractivity contribution in [2.75, 3.05) is 14.2 Å². The van der Waals surface area contributed by atoms with Gasteiger partial charge in [0.05, 0.1) is 20.3 Å². The van der Waals surface area contributed by atoms with E-state index in [-0.39, 0.29) is 5.76 Å². The Hall–Kier alpha value is -2.30. The van der Waals surface area contributed by atoms with Gasteiger partial charge in [-0.2, -0.15) is 0 Å². The fourth-order valence-electron chi connectivity index (χ4n) is 1.01. The molecule has 0 aliphatic heterocycles. The largest absolute Gasteiger partial charge is 0.466 e. The van der Waals surface area contributed by atoms with Gasteiger partial charge in [-0.05, 0) is 12.1 Å². The number of ether oxygens (including phenoxy) is 3. The van der Waals surface area contributed by atoms with Gasteiger partial charge in [-0.25, -0.2) is 9.59 Å². The zero-order valence-electron chi connectivity index (χ0n) is 9.51. The summed E-state index contributed by atoms with van der Waals surface area (Å²) in [4.78, 5) is 22.4. The molecule has 0 aliphatic rings. The van der Waals surface area contributed by atoms with Crippen molar-refractivity contribution in [3.8, 4) is 5.75 Å². The van der Waals surface area contributed by atoms with Gasteiger partial charge in [-0.1, -0.05) is 18.2 Å². The molecule has 0 spiro atoms. The molecule has 0 amide bonds. The molecule has 0 atom stereocenters. The van der Waals surface area contributed by atoms with Gasteiger partial charge in [0.25, 0.3) is 0 Å². The molecule has 0 fully saturated rings. The molecule has 0 aromatic heterocycles. The molecule has 5 nitrogen and oxygen atoms in total. The first-order valence-corrected chi connectivity index (χ1v) is 4.78. The topological polar surface area (TPSA) is 61.8 Å². The lowest BCUT2D eigenvalue weighted by Gasteiger charge is -2.07. The number of para-hydroxylation sites is 1. The van der Waals surface area contributed by atoms with Crippen LogP contribution in [0.3, 0.4) is 0 Å². The average molecular weight is 236 g/mol. The van der Waals surface area contributed by atoms with Crippen LogP contribution in [0, 0.1) is 0 Å². The van der Waals surface area contributed by atoms with Crippen molar-refractivity contribution in [1.29, 1.82) is 0 Å². The minimum absolute atomic E-state index is 0.231. The van der Waals surface area contributed by atoms with Gasteiger partial charge in [-0.15, -0.1) is 0 Å². The number of esters is 2. The van der Waals surface area contributed by atoms with E-state index in [1.54, 1.807) is 30.3 Å². The van der Waals surface area contributed by atoms with Crippen molar-refractivity contribution >= 4 is 11.9 Å². The van der Waals surface area contributed by atoms with Crippen molar-refractivity contribution in [2.24, 2.45) is 0 Å². The van der Waals surface area contributed by atoms with E-state index in [1.165, 1.54) is 14.2 Å². The van der Waals surface area contributed by atoms with Crippen LogP contribution >= 0.6 is 0 Å². The predicted octanol–water partition coefficient (Wildman–Crippen LogP) is 1.30. The minimum atomic E-state index is -0.751. The molecule has 90 valence electrons. The second kappa shape index (κ2) is 6.32. The van der Waals surface area contributed by atoms with Gasteiger partial charge in [0.1, 0.15) is 5.75 Å². The molecule has 0 N–H and O–H groups in total. The Morgan fingerprint density at radius 1 is 1.06 bits per heavy atom. The minimum Gasteiger partial charge on any atom is -0.466 e. The Kier molecular flexibility index (Phi) is 4.75. The van der Waals surface area contributed by atoms with Crippen LogP contribution in [-0.2, 0) is 19.1 Å². The second-order valence-corrected chi connectivity index (χ2v) is 2.94. The molecule has 0 radical (unpaired) electrons. The summed E-state index contributed by atoms with van der Waals surface area (Å²) in [6.07, 6.45) is 0.929. The van der Waals surface area contributed by atoms with E-state index in [1.807, 2.05) is 0 Å². The highest BCUT2D eigenvalue weighted by Gasteiger charge is 2.14. The third-order valence-corrected chi connectivity index (χ3v) is 1.81. The molecular formula is C12H12O5. The molecule has 1 aromatic rings. The lowest BCUT2D eigenvalue weighted by Crippen LogP contribution is -2.13. The maximum Gasteiger partial charge on any atom is 0.374 e. The summed E-state index contributed by atoms with van der Waals surface area (Å²) in [5, 5.41) is 0. The first-order valence-electron chi connectivity index (χ1n) is 4.78. The quantitative estimate of drug-likeness (QED) is 0.448. The van der Waals surface area contributed by atoms with Crippen molar-refractivity contribution in [2.45, 2.75) is 0 Å². The standard InChI is InChI=1S/C12H12O5/c1-15-11(13)8-10(12(14)16-2)17-9-6-4-3-5-7-9/h3-8H,1-2H3. The number of carbonyl (C=O) groups is 2. The lowest BCUT2D eigenvalue weighted by atomic mass is 10.3. The molecule has 0 aliphatic carbocycles. The zero-order valence-corrected chi connectivity index (χ0v) is 9.51. The normalized spacial score (nSPS) is 10.6. The summed E-state index contributed by atoms with van der Waals surface area (Å²) < 4.78 is 14.1. The van der Waals surface area contributed by atoms with Gasteiger partial charge in [0.15, 0.2) is 0 Å². The Balaban J connectivity index is 2.89. The van der Waals surface area contributed by atoms with E-state index in [0.29, 0.717) is 5.75 Å². The molecular weight excluding hydrogens is 224 g/mol. The van der Waals surface area contributed by atoms with E-state index >= 15 is 0 Å². The Labute approximate surface area is 98.6 Å². The van der Waals surface area contributed by atoms with Crippen LogP contribution in [0.25, 0.3) is 0 Å². The van der Waals surface area contributed by atoms with Crippen LogP contribution in [0.4, 0.5) is 0 Å². The van der Waals surface area contributed by atoms with E-state index < -0.39 is 11.9 Å². The number of carbonyl (C=O) groups excluding carboxylic acids is 2. The Bertz CT molecular complexity index is 422. The van der Waals surface area contributed by atoms with Gasteiger partial charge in [-0.3, -0.25) is 0 Å². The molecule has 0 heterocycles. The zero-order chi connectivity index (χ0) is 12.7. The van der Waals surface area contributed by atoms with E-state index in [2.05, 4.69) is 9.47 Å². The first-order chi connectivity index (χ1) is 8.17. The van der Waals surface area contributed by atoms with Gasteiger partial charge in [0, 0.05) is 0 Å². The van der Waals surface area contributed by atoms with Gasteiger partial charge >= 0.3 is 11.9 Å². The van der Waals surface area contributed by atoms with Crippen LogP contribution in [-0.4, -0.2) is 26.2 Å². The molecule has 1 aromatic carbocycles. The molecule has 0 saturated carbocycles. The summed E-state index contributed by atoms with van der Waals surface area (Å²) in [5.41, 5.74) is 0. The maximum atomic E-state index is 11.3. The molecule has 0 saturated heterocycles. The van der Waals surface area contributed by atoms with Crippen molar-refractivity contribution in [3.63, 3.8) is 0 Å². The smallest absolute Gasteiger partial charge is 0.374 e. The molecule has 0 unspecified atom stereocenters. The third kappa shape index (κ3) is 3.98. The second-order valence-electron chi connectivity index (χ2n) is 2.94. The number of hydrogen-bond donors (Lipinski definition) is 0. The Morgan fingerprint density at radius 3 is 2.24 bits per heavy atom. The molecule has 0 bridgehead atoms. The highest BCUT2D eigenvalue weighted by atomic mass is 16.6. The van der Waals surface area contributed by atoms with E-state index in [4.69, 9.17) is 4.74 Å². The number of rotatable bonds is 4. The summed E-state index contributed by atoms with van der Waals surface area (Å²) >= 11 is 0. The highest BCUT2D eigenvalue weighted by Crippen LogP contribution is 2.13. The molecule has 5 heteroatoms. The summed E-state index contributed by atoms with van der Waals surface area (Å²) in [6.45, 7) is 0. The van der Waals surface area contributed by atoms with Crippen molar-refractivity contribution < 1.29 is 23.8 Å². The van der Waals surface area contributed by atoms with Gasteiger partial charge < -0.3 is 14.2 Å². The highest BCUT2D eigenvalue weighted by molar-refractivity contribution is 5.95. The van der Waals surface area contributed by atoms with Crippen LogP contribution in [0.15, 0.2) is 42.2 Å². The fourth-order valence-corrected chi connectivity index (χ4v) is 1.01. The Morgan fingerprint density at radius 2 is 1.71 bits per heavy atom. The third-order valence-electron chi connectivity index (χ3n) is 1.81. The summed E-state index contributed by atoms with van der Waals surface area (Å²) in [7, 11) is 2.40. The van der Waals surface area contributed by atoms with Gasteiger partial charge in [0.2, 0.25) is 5.76 Å². The lowest BCUT2D eigenvalue weighted by molar-refractivity contribution is -0.140. The number of benzene rings is 1. The summed E-state index contributed by atoms with van der Waals surface area (Å²) in [6, 6.07) is 8.57. The van der Waals surface area contributed by atoms with E-state index in [0.717, 1.165) is 6.08 Å². The SMILES string of the molecule is COC(=O)C=C(Oc1ccccc1)C(=O)OC. The monoisotopic (exact) mass is 236 g/mol. The molecule has 1 rings (SSSR count). The summed E-state index contributed by atoms with van der Waals surface area (Å²) in [5.74, 6) is -1.25. The maximum absolute atomic E-state index is 11.3. The average Bonchev–Trinajstić information content (AvgIpc) is 2.38. The number of methoxy groups -OCH3 is 2. The number of hydrogen-bond acceptors (Lipinski definition) is 5. The first kappa shape index (κ1) is 12.8. The van der Waals surface area contributed by atoms with Crippen LogP contribution < -0.4 is 4.74 Å². The molecule has 17 heavy (non-hydrogen) atoms. The van der Waals surface area contributed by atoms with E-state index in [9.17, 15) is 9.59 Å².